The lowest BCUT2D eigenvalue weighted by atomic mass is 10.1. The fourth-order valence-corrected chi connectivity index (χ4v) is 2.90. The lowest BCUT2D eigenvalue weighted by Crippen LogP contribution is -2.38. The number of carboxylic acid groups (broad SMARTS) is 1. The van der Waals surface area contributed by atoms with E-state index in [1.54, 1.807) is 0 Å². The number of aryl methyl sites for hydroxylation is 2. The van der Waals surface area contributed by atoms with Crippen molar-refractivity contribution in [3.05, 3.63) is 82.7 Å². The predicted molar refractivity (Wildman–Crippen MR) is 105 cm³/mol. The molecule has 0 saturated heterocycles. The van der Waals surface area contributed by atoms with E-state index in [0.717, 1.165) is 33.9 Å². The van der Waals surface area contributed by atoms with Gasteiger partial charge in [0.2, 0.25) is 0 Å². The van der Waals surface area contributed by atoms with Gasteiger partial charge in [-0.15, -0.1) is 0 Å². The molecule has 28 heavy (non-hydrogen) atoms. The first kappa shape index (κ1) is 19.6. The molecule has 0 aliphatic carbocycles. The Balaban J connectivity index is 1.53. The van der Waals surface area contributed by atoms with E-state index in [0.29, 0.717) is 19.6 Å². The summed E-state index contributed by atoms with van der Waals surface area (Å²) < 4.78 is 10.9. The van der Waals surface area contributed by atoms with E-state index in [4.69, 9.17) is 9.26 Å². The Hall–Kier alpha value is -3.12. The maximum atomic E-state index is 11.5. The number of hydrogen-bond acceptors (Lipinski definition) is 5. The van der Waals surface area contributed by atoms with Crippen molar-refractivity contribution in [1.82, 2.24) is 10.5 Å². The summed E-state index contributed by atoms with van der Waals surface area (Å²) in [4.78, 5) is 11.5. The molecule has 0 fully saturated rings. The molecule has 0 saturated carbocycles. The molecule has 3 aromatic rings. The molecule has 1 atom stereocenters. The van der Waals surface area contributed by atoms with Gasteiger partial charge in [0, 0.05) is 6.54 Å². The first-order chi connectivity index (χ1) is 13.5. The van der Waals surface area contributed by atoms with Gasteiger partial charge in [0.1, 0.15) is 24.2 Å². The SMILES string of the molecule is Cc1noc(C)c1COc1ccc(CN[C@@H](Cc2ccccc2)C(=O)O)cc1. The zero-order valence-electron chi connectivity index (χ0n) is 16.0. The lowest BCUT2D eigenvalue weighted by molar-refractivity contribution is -0.139. The van der Waals surface area contributed by atoms with E-state index in [9.17, 15) is 9.90 Å². The highest BCUT2D eigenvalue weighted by Gasteiger charge is 2.17. The van der Waals surface area contributed by atoms with E-state index in [2.05, 4.69) is 10.5 Å². The van der Waals surface area contributed by atoms with Gasteiger partial charge in [-0.2, -0.15) is 0 Å². The largest absolute Gasteiger partial charge is 0.489 e. The number of ether oxygens (including phenoxy) is 1. The summed E-state index contributed by atoms with van der Waals surface area (Å²) >= 11 is 0. The average Bonchev–Trinajstić information content (AvgIpc) is 3.02. The van der Waals surface area contributed by atoms with Crippen LogP contribution in [0.4, 0.5) is 0 Å². The zero-order chi connectivity index (χ0) is 19.9. The summed E-state index contributed by atoms with van der Waals surface area (Å²) in [5.74, 6) is 0.641. The molecule has 0 aliphatic heterocycles. The molecule has 0 aliphatic rings. The van der Waals surface area contributed by atoms with E-state index in [1.165, 1.54) is 0 Å². The molecule has 3 rings (SSSR count). The first-order valence-corrected chi connectivity index (χ1v) is 9.16. The van der Waals surface area contributed by atoms with Crippen molar-refractivity contribution in [2.24, 2.45) is 0 Å². The Morgan fingerprint density at radius 2 is 1.82 bits per heavy atom. The number of rotatable bonds is 9. The van der Waals surface area contributed by atoms with Gasteiger partial charge in [-0.1, -0.05) is 47.6 Å². The molecule has 1 aromatic heterocycles. The number of hydrogen-bond donors (Lipinski definition) is 2. The number of benzene rings is 2. The van der Waals surface area contributed by atoms with Crippen LogP contribution in [0.2, 0.25) is 0 Å². The molecule has 0 unspecified atom stereocenters. The third-order valence-corrected chi connectivity index (χ3v) is 4.62. The fourth-order valence-electron chi connectivity index (χ4n) is 2.90. The van der Waals surface area contributed by atoms with Gasteiger partial charge in [-0.05, 0) is 43.5 Å². The number of aromatic nitrogens is 1. The summed E-state index contributed by atoms with van der Waals surface area (Å²) in [6, 6.07) is 16.6. The van der Waals surface area contributed by atoms with E-state index in [-0.39, 0.29) is 0 Å². The van der Waals surface area contributed by atoms with Crippen LogP contribution >= 0.6 is 0 Å². The maximum absolute atomic E-state index is 11.5. The molecule has 2 N–H and O–H groups in total. The quantitative estimate of drug-likeness (QED) is 0.589. The summed E-state index contributed by atoms with van der Waals surface area (Å²) in [6.45, 7) is 4.62. The van der Waals surface area contributed by atoms with Crippen LogP contribution in [-0.2, 0) is 24.4 Å². The van der Waals surface area contributed by atoms with Gasteiger partial charge in [0.25, 0.3) is 0 Å². The molecule has 6 heteroatoms. The first-order valence-electron chi connectivity index (χ1n) is 9.16. The molecule has 1 heterocycles. The Morgan fingerprint density at radius 3 is 2.43 bits per heavy atom. The Bertz CT molecular complexity index is 885. The van der Waals surface area contributed by atoms with Crippen molar-refractivity contribution in [3.8, 4) is 5.75 Å². The van der Waals surface area contributed by atoms with Crippen molar-refractivity contribution in [2.45, 2.75) is 39.5 Å². The summed E-state index contributed by atoms with van der Waals surface area (Å²) in [7, 11) is 0. The topological polar surface area (TPSA) is 84.6 Å². The van der Waals surface area contributed by atoms with Gasteiger partial charge in [-0.3, -0.25) is 4.79 Å². The van der Waals surface area contributed by atoms with Gasteiger partial charge in [0.15, 0.2) is 0 Å². The molecule has 6 nitrogen and oxygen atoms in total. The lowest BCUT2D eigenvalue weighted by Gasteiger charge is -2.15. The van der Waals surface area contributed by atoms with Crippen molar-refractivity contribution in [3.63, 3.8) is 0 Å². The van der Waals surface area contributed by atoms with Gasteiger partial charge < -0.3 is 19.7 Å². The van der Waals surface area contributed by atoms with E-state index in [1.807, 2.05) is 68.4 Å². The second-order valence-corrected chi connectivity index (χ2v) is 6.70. The highest BCUT2D eigenvalue weighted by atomic mass is 16.5. The third-order valence-electron chi connectivity index (χ3n) is 4.62. The Labute approximate surface area is 164 Å². The predicted octanol–water partition coefficient (Wildman–Crippen LogP) is 3.66. The monoisotopic (exact) mass is 380 g/mol. The molecule has 0 spiro atoms. The van der Waals surface area contributed by atoms with Gasteiger partial charge >= 0.3 is 5.97 Å². The number of nitrogens with zero attached hydrogens (tertiary/aromatic N) is 1. The van der Waals surface area contributed by atoms with Crippen LogP contribution in [0.5, 0.6) is 5.75 Å². The minimum atomic E-state index is -0.858. The number of aliphatic carboxylic acids is 1. The molecule has 0 amide bonds. The van der Waals surface area contributed by atoms with Crippen LogP contribution in [0.3, 0.4) is 0 Å². The average molecular weight is 380 g/mol. The summed E-state index contributed by atoms with van der Waals surface area (Å²) in [5.41, 5.74) is 3.77. The molecular formula is C22H24N2O4. The molecular weight excluding hydrogens is 356 g/mol. The van der Waals surface area contributed by atoms with Crippen molar-refractivity contribution >= 4 is 5.97 Å². The molecule has 0 bridgehead atoms. The molecule has 146 valence electrons. The van der Waals surface area contributed by atoms with Crippen LogP contribution in [0.1, 0.15) is 28.1 Å². The second kappa shape index (κ2) is 9.19. The highest BCUT2D eigenvalue weighted by Crippen LogP contribution is 2.18. The molecule has 0 radical (unpaired) electrons. The van der Waals surface area contributed by atoms with Crippen LogP contribution in [0.15, 0.2) is 59.1 Å². The third kappa shape index (κ3) is 5.20. The number of carboxylic acids is 1. The summed E-state index contributed by atoms with van der Waals surface area (Å²) in [6.07, 6.45) is 0.439. The normalized spacial score (nSPS) is 11.9. The zero-order valence-corrected chi connectivity index (χ0v) is 16.0. The number of nitrogens with one attached hydrogen (secondary N) is 1. The molecule has 2 aromatic carbocycles. The minimum Gasteiger partial charge on any atom is -0.489 e. The maximum Gasteiger partial charge on any atom is 0.321 e. The Morgan fingerprint density at radius 1 is 1.11 bits per heavy atom. The standard InChI is InChI=1S/C22H24N2O4/c1-15-20(16(2)28-24-15)14-27-19-10-8-18(9-11-19)13-23-21(22(25)26)12-17-6-4-3-5-7-17/h3-11,21,23H,12-14H2,1-2H3,(H,25,26)/t21-/m0/s1. The highest BCUT2D eigenvalue weighted by molar-refractivity contribution is 5.73. The summed E-state index contributed by atoms with van der Waals surface area (Å²) in [5, 5.41) is 16.5. The smallest absolute Gasteiger partial charge is 0.321 e. The van der Waals surface area contributed by atoms with Crippen molar-refractivity contribution in [1.29, 1.82) is 0 Å². The van der Waals surface area contributed by atoms with Gasteiger partial charge in [-0.25, -0.2) is 0 Å². The second-order valence-electron chi connectivity index (χ2n) is 6.70. The Kier molecular flexibility index (Phi) is 6.45. The fraction of sp³-hybridized carbons (Fsp3) is 0.273. The van der Waals surface area contributed by atoms with E-state index >= 15 is 0 Å². The number of carbonyl (C=O) groups is 1. The van der Waals surface area contributed by atoms with Crippen LogP contribution in [-0.4, -0.2) is 22.3 Å². The van der Waals surface area contributed by atoms with Crippen molar-refractivity contribution < 1.29 is 19.2 Å². The minimum absolute atomic E-state index is 0.400. The van der Waals surface area contributed by atoms with E-state index < -0.39 is 12.0 Å². The van der Waals surface area contributed by atoms with Crippen LogP contribution < -0.4 is 10.1 Å². The van der Waals surface area contributed by atoms with Crippen LogP contribution in [0.25, 0.3) is 0 Å². The van der Waals surface area contributed by atoms with Crippen molar-refractivity contribution in [2.75, 3.05) is 0 Å². The van der Waals surface area contributed by atoms with Crippen LogP contribution in [0, 0.1) is 13.8 Å². The van der Waals surface area contributed by atoms with Gasteiger partial charge in [0.05, 0.1) is 11.3 Å².